The molecule has 0 atom stereocenters. The van der Waals surface area contributed by atoms with Gasteiger partial charge in [0.1, 0.15) is 10.6 Å². The number of fused-ring (bicyclic) bond motifs is 3. The van der Waals surface area contributed by atoms with Gasteiger partial charge in [-0.25, -0.2) is 4.79 Å². The molecule has 0 fully saturated rings. The molecule has 0 spiro atoms. The van der Waals surface area contributed by atoms with E-state index in [2.05, 4.69) is 18.3 Å². The van der Waals surface area contributed by atoms with Crippen LogP contribution in [0.5, 0.6) is 0 Å². The van der Waals surface area contributed by atoms with E-state index in [1.807, 2.05) is 31.2 Å². The highest BCUT2D eigenvalue weighted by Gasteiger charge is 2.30. The number of anilines is 1. The molecular formula is C23H21NO3S. The number of carboxylic acid groups (broad SMARTS) is 1. The highest BCUT2D eigenvalue weighted by molar-refractivity contribution is 7.17. The molecule has 0 radical (unpaired) electrons. The average molecular weight is 391 g/mol. The average Bonchev–Trinajstić information content (AvgIpc) is 3.06. The Hall–Kier alpha value is -2.92. The minimum Gasteiger partial charge on any atom is -0.478 e. The van der Waals surface area contributed by atoms with Gasteiger partial charge in [-0.05, 0) is 55.0 Å². The van der Waals surface area contributed by atoms with Crippen LogP contribution in [-0.2, 0) is 19.3 Å². The van der Waals surface area contributed by atoms with Gasteiger partial charge >= 0.3 is 5.97 Å². The van der Waals surface area contributed by atoms with Gasteiger partial charge in [-0.15, -0.1) is 11.3 Å². The molecule has 28 heavy (non-hydrogen) atoms. The summed E-state index contributed by atoms with van der Waals surface area (Å²) in [6.07, 6.45) is 2.62. The first-order valence-corrected chi connectivity index (χ1v) is 10.2. The summed E-state index contributed by atoms with van der Waals surface area (Å²) >= 11 is 1.38. The molecule has 0 saturated heterocycles. The van der Waals surface area contributed by atoms with Crippen molar-refractivity contribution in [2.45, 2.75) is 33.1 Å². The zero-order chi connectivity index (χ0) is 19.8. The van der Waals surface area contributed by atoms with Gasteiger partial charge in [0, 0.05) is 16.0 Å². The maximum atomic E-state index is 12.7. The van der Waals surface area contributed by atoms with Crippen LogP contribution in [0.2, 0.25) is 0 Å². The number of aromatic carboxylic acids is 1. The highest BCUT2D eigenvalue weighted by atomic mass is 32.1. The van der Waals surface area contributed by atoms with Crippen LogP contribution < -0.4 is 5.32 Å². The summed E-state index contributed by atoms with van der Waals surface area (Å²) in [6, 6.07) is 13.3. The number of hydrogen-bond donors (Lipinski definition) is 2. The fraction of sp³-hybridized carbons (Fsp3) is 0.217. The van der Waals surface area contributed by atoms with Gasteiger partial charge in [-0.2, -0.15) is 0 Å². The molecule has 0 unspecified atom stereocenters. The van der Waals surface area contributed by atoms with Crippen molar-refractivity contribution in [3.63, 3.8) is 0 Å². The third kappa shape index (κ3) is 3.12. The SMILES string of the molecule is CCc1cccc2c1CCc1sc(NC(=O)c3ccc(C)cc3)c(C(=O)O)c1-2. The lowest BCUT2D eigenvalue weighted by Crippen LogP contribution is -2.14. The van der Waals surface area contributed by atoms with Crippen molar-refractivity contribution in [2.75, 3.05) is 5.32 Å². The zero-order valence-electron chi connectivity index (χ0n) is 15.8. The van der Waals surface area contributed by atoms with Gasteiger partial charge in [-0.1, -0.05) is 42.8 Å². The second-order valence-corrected chi connectivity index (χ2v) is 8.13. The van der Waals surface area contributed by atoms with Crippen LogP contribution in [0.25, 0.3) is 11.1 Å². The molecule has 3 aromatic rings. The summed E-state index contributed by atoms with van der Waals surface area (Å²) in [5.74, 6) is -1.30. The Balaban J connectivity index is 1.79. The molecule has 0 saturated carbocycles. The predicted molar refractivity (Wildman–Crippen MR) is 113 cm³/mol. The summed E-state index contributed by atoms with van der Waals surface area (Å²) in [6.45, 7) is 4.07. The number of amides is 1. The molecule has 1 heterocycles. The number of carboxylic acids is 1. The molecule has 2 aromatic carbocycles. The highest BCUT2D eigenvalue weighted by Crippen LogP contribution is 2.46. The lowest BCUT2D eigenvalue weighted by molar-refractivity contribution is 0.0699. The molecule has 1 aliphatic rings. The van der Waals surface area contributed by atoms with Crippen molar-refractivity contribution in [1.82, 2.24) is 0 Å². The van der Waals surface area contributed by atoms with E-state index in [0.717, 1.165) is 40.8 Å². The monoisotopic (exact) mass is 391 g/mol. The summed E-state index contributed by atoms with van der Waals surface area (Å²) in [5.41, 5.74) is 6.04. The summed E-state index contributed by atoms with van der Waals surface area (Å²) in [4.78, 5) is 25.8. The molecule has 5 heteroatoms. The Morgan fingerprint density at radius 3 is 2.54 bits per heavy atom. The molecule has 1 aromatic heterocycles. The molecule has 1 amide bonds. The van der Waals surface area contributed by atoms with Crippen molar-refractivity contribution in [2.24, 2.45) is 0 Å². The number of rotatable bonds is 4. The summed E-state index contributed by atoms with van der Waals surface area (Å²) in [5, 5.41) is 13.2. The van der Waals surface area contributed by atoms with Crippen LogP contribution in [0.1, 0.15) is 49.2 Å². The molecule has 0 bridgehead atoms. The van der Waals surface area contributed by atoms with E-state index in [-0.39, 0.29) is 11.5 Å². The van der Waals surface area contributed by atoms with Crippen LogP contribution in [0.3, 0.4) is 0 Å². The van der Waals surface area contributed by atoms with Crippen LogP contribution >= 0.6 is 11.3 Å². The third-order valence-corrected chi connectivity index (χ3v) is 6.43. The van der Waals surface area contributed by atoms with Crippen LogP contribution in [0, 0.1) is 6.92 Å². The van der Waals surface area contributed by atoms with Gasteiger partial charge in [0.15, 0.2) is 0 Å². The zero-order valence-corrected chi connectivity index (χ0v) is 16.7. The van der Waals surface area contributed by atoms with Crippen molar-refractivity contribution in [1.29, 1.82) is 0 Å². The van der Waals surface area contributed by atoms with E-state index >= 15 is 0 Å². The number of carbonyl (C=O) groups is 2. The smallest absolute Gasteiger partial charge is 0.339 e. The Labute approximate surface area is 167 Å². The van der Waals surface area contributed by atoms with E-state index in [1.165, 1.54) is 22.5 Å². The van der Waals surface area contributed by atoms with Crippen LogP contribution in [0.15, 0.2) is 42.5 Å². The van der Waals surface area contributed by atoms with E-state index in [0.29, 0.717) is 10.6 Å². The minimum absolute atomic E-state index is 0.203. The lowest BCUT2D eigenvalue weighted by Gasteiger charge is -2.20. The third-order valence-electron chi connectivity index (χ3n) is 5.26. The molecule has 4 rings (SSSR count). The topological polar surface area (TPSA) is 66.4 Å². The number of benzene rings is 2. The number of thiophene rings is 1. The van der Waals surface area contributed by atoms with Gasteiger partial charge in [0.05, 0.1) is 0 Å². The van der Waals surface area contributed by atoms with Gasteiger partial charge < -0.3 is 10.4 Å². The summed E-state index contributed by atoms with van der Waals surface area (Å²) < 4.78 is 0. The summed E-state index contributed by atoms with van der Waals surface area (Å²) in [7, 11) is 0. The molecule has 4 nitrogen and oxygen atoms in total. The number of carbonyl (C=O) groups excluding carboxylic acids is 1. The van der Waals surface area contributed by atoms with E-state index in [4.69, 9.17) is 0 Å². The van der Waals surface area contributed by atoms with Crippen molar-refractivity contribution < 1.29 is 14.7 Å². The number of nitrogens with one attached hydrogen (secondary N) is 1. The van der Waals surface area contributed by atoms with E-state index < -0.39 is 5.97 Å². The normalized spacial score (nSPS) is 12.2. The fourth-order valence-electron chi connectivity index (χ4n) is 3.85. The van der Waals surface area contributed by atoms with Crippen molar-refractivity contribution >= 4 is 28.2 Å². The first-order chi connectivity index (χ1) is 13.5. The lowest BCUT2D eigenvalue weighted by atomic mass is 9.85. The quantitative estimate of drug-likeness (QED) is 0.631. The first kappa shape index (κ1) is 18.4. The predicted octanol–water partition coefficient (Wildman–Crippen LogP) is 5.34. The van der Waals surface area contributed by atoms with Crippen molar-refractivity contribution in [3.05, 3.63) is 75.2 Å². The number of aryl methyl sites for hydroxylation is 3. The molecule has 1 aliphatic carbocycles. The van der Waals surface area contributed by atoms with Crippen molar-refractivity contribution in [3.8, 4) is 11.1 Å². The van der Waals surface area contributed by atoms with E-state index in [1.54, 1.807) is 12.1 Å². The van der Waals surface area contributed by atoms with Gasteiger partial charge in [0.25, 0.3) is 5.91 Å². The minimum atomic E-state index is -1.01. The maximum absolute atomic E-state index is 12.7. The second-order valence-electron chi connectivity index (χ2n) is 7.03. The fourth-order valence-corrected chi connectivity index (χ4v) is 5.05. The van der Waals surface area contributed by atoms with Crippen LogP contribution in [-0.4, -0.2) is 17.0 Å². The van der Waals surface area contributed by atoms with E-state index in [9.17, 15) is 14.7 Å². The largest absolute Gasteiger partial charge is 0.478 e. The standard InChI is InChI=1S/C23H21NO3S/c1-3-14-5-4-6-17-16(14)11-12-18-19(17)20(23(26)27)22(28-18)24-21(25)15-9-7-13(2)8-10-15/h4-10H,3,11-12H2,1-2H3,(H,24,25)(H,26,27). The Morgan fingerprint density at radius 1 is 1.11 bits per heavy atom. The maximum Gasteiger partial charge on any atom is 0.339 e. The molecule has 142 valence electrons. The Bertz CT molecular complexity index is 1080. The second kappa shape index (κ2) is 7.24. The van der Waals surface area contributed by atoms with Gasteiger partial charge in [0.2, 0.25) is 0 Å². The Kier molecular flexibility index (Phi) is 4.77. The first-order valence-electron chi connectivity index (χ1n) is 9.37. The number of hydrogen-bond acceptors (Lipinski definition) is 3. The van der Waals surface area contributed by atoms with Gasteiger partial charge in [-0.3, -0.25) is 4.79 Å². The molecular weight excluding hydrogens is 370 g/mol. The van der Waals surface area contributed by atoms with Crippen LogP contribution in [0.4, 0.5) is 5.00 Å². The molecule has 2 N–H and O–H groups in total. The Morgan fingerprint density at radius 2 is 1.86 bits per heavy atom. The molecule has 0 aliphatic heterocycles.